The van der Waals surface area contributed by atoms with Crippen molar-refractivity contribution in [3.05, 3.63) is 59.2 Å². The van der Waals surface area contributed by atoms with Crippen LogP contribution in [0.3, 0.4) is 0 Å². The second kappa shape index (κ2) is 8.12. The standard InChI is InChI=1S/C21H23F3N2O2/c1-3-25(4-2)20(27)26-12-11-15-5-8-19(13-16(15)14-26)28-18-9-6-17(7-10-18)21(22,23)24/h5-10,13H,3-4,11-12,14H2,1-2H3. The van der Waals surface area contributed by atoms with E-state index >= 15 is 0 Å². The van der Waals surface area contributed by atoms with Gasteiger partial charge in [0.1, 0.15) is 11.5 Å². The highest BCUT2D eigenvalue weighted by Crippen LogP contribution is 2.32. The molecular weight excluding hydrogens is 369 g/mol. The molecule has 28 heavy (non-hydrogen) atoms. The molecule has 0 saturated heterocycles. The first-order chi connectivity index (χ1) is 13.3. The second-order valence-corrected chi connectivity index (χ2v) is 6.68. The minimum atomic E-state index is -4.37. The quantitative estimate of drug-likeness (QED) is 0.706. The lowest BCUT2D eigenvalue weighted by Crippen LogP contribution is -2.45. The summed E-state index contributed by atoms with van der Waals surface area (Å²) in [5.41, 5.74) is 1.44. The number of urea groups is 1. The molecule has 2 aromatic rings. The van der Waals surface area contributed by atoms with Crippen LogP contribution in [0, 0.1) is 0 Å². The number of benzene rings is 2. The zero-order valence-corrected chi connectivity index (χ0v) is 15.9. The van der Waals surface area contributed by atoms with Gasteiger partial charge < -0.3 is 14.5 Å². The zero-order chi connectivity index (χ0) is 20.3. The van der Waals surface area contributed by atoms with Crippen LogP contribution in [0.15, 0.2) is 42.5 Å². The Morgan fingerprint density at radius 3 is 2.29 bits per heavy atom. The lowest BCUT2D eigenvalue weighted by atomic mass is 9.99. The average molecular weight is 392 g/mol. The van der Waals surface area contributed by atoms with Crippen LogP contribution < -0.4 is 4.74 Å². The average Bonchev–Trinajstić information content (AvgIpc) is 2.68. The lowest BCUT2D eigenvalue weighted by Gasteiger charge is -2.33. The molecule has 0 aromatic heterocycles. The van der Waals surface area contributed by atoms with Crippen LogP contribution in [0.2, 0.25) is 0 Å². The minimum Gasteiger partial charge on any atom is -0.457 e. The van der Waals surface area contributed by atoms with Gasteiger partial charge in [0.05, 0.1) is 5.56 Å². The summed E-state index contributed by atoms with van der Waals surface area (Å²) in [5, 5.41) is 0. The van der Waals surface area contributed by atoms with E-state index < -0.39 is 11.7 Å². The molecule has 0 N–H and O–H groups in total. The molecule has 7 heteroatoms. The van der Waals surface area contributed by atoms with Crippen molar-refractivity contribution in [2.45, 2.75) is 33.0 Å². The first kappa shape index (κ1) is 20.0. The third-order valence-corrected chi connectivity index (χ3v) is 4.91. The highest BCUT2D eigenvalue weighted by atomic mass is 19.4. The molecule has 150 valence electrons. The molecule has 0 fully saturated rings. The fraction of sp³-hybridized carbons (Fsp3) is 0.381. The molecule has 0 unspecified atom stereocenters. The number of rotatable bonds is 4. The zero-order valence-electron chi connectivity index (χ0n) is 15.9. The number of halogens is 3. The van der Waals surface area contributed by atoms with Gasteiger partial charge in [0.2, 0.25) is 0 Å². The van der Waals surface area contributed by atoms with E-state index in [4.69, 9.17) is 4.74 Å². The van der Waals surface area contributed by atoms with Crippen molar-refractivity contribution in [1.82, 2.24) is 9.80 Å². The summed E-state index contributed by atoms with van der Waals surface area (Å²) in [4.78, 5) is 16.2. The van der Waals surface area contributed by atoms with Crippen molar-refractivity contribution < 1.29 is 22.7 Å². The summed E-state index contributed by atoms with van der Waals surface area (Å²) in [5.74, 6) is 0.871. The molecule has 1 aliphatic rings. The number of carbonyl (C=O) groups excluding carboxylic acids is 1. The number of carbonyl (C=O) groups is 1. The van der Waals surface area contributed by atoms with E-state index in [9.17, 15) is 18.0 Å². The van der Waals surface area contributed by atoms with Crippen molar-refractivity contribution in [3.63, 3.8) is 0 Å². The summed E-state index contributed by atoms with van der Waals surface area (Å²) in [6.45, 7) is 6.40. The van der Waals surface area contributed by atoms with Crippen LogP contribution in [0.4, 0.5) is 18.0 Å². The van der Waals surface area contributed by atoms with Gasteiger partial charge >= 0.3 is 12.2 Å². The molecule has 2 aromatic carbocycles. The van der Waals surface area contributed by atoms with Crippen molar-refractivity contribution in [2.24, 2.45) is 0 Å². The van der Waals surface area contributed by atoms with Gasteiger partial charge in [-0.15, -0.1) is 0 Å². The number of alkyl halides is 3. The molecule has 4 nitrogen and oxygen atoms in total. The van der Waals surface area contributed by atoms with Crippen LogP contribution in [0.1, 0.15) is 30.5 Å². The predicted molar refractivity (Wildman–Crippen MR) is 100 cm³/mol. The van der Waals surface area contributed by atoms with E-state index in [0.29, 0.717) is 37.7 Å². The molecule has 1 aliphatic heterocycles. The Kier molecular flexibility index (Phi) is 5.82. The number of hydrogen-bond acceptors (Lipinski definition) is 2. The van der Waals surface area contributed by atoms with Gasteiger partial charge in [0.15, 0.2) is 0 Å². The molecular formula is C21H23F3N2O2. The van der Waals surface area contributed by atoms with Gasteiger partial charge in [0, 0.05) is 26.2 Å². The monoisotopic (exact) mass is 392 g/mol. The van der Waals surface area contributed by atoms with Crippen LogP contribution in [-0.4, -0.2) is 35.5 Å². The molecule has 0 saturated carbocycles. The first-order valence-corrected chi connectivity index (χ1v) is 9.32. The number of nitrogens with zero attached hydrogens (tertiary/aromatic N) is 2. The van der Waals surface area contributed by atoms with E-state index in [2.05, 4.69) is 0 Å². The smallest absolute Gasteiger partial charge is 0.416 e. The topological polar surface area (TPSA) is 32.8 Å². The lowest BCUT2D eigenvalue weighted by molar-refractivity contribution is -0.137. The molecule has 0 atom stereocenters. The summed E-state index contributed by atoms with van der Waals surface area (Å²) in [6.07, 6.45) is -3.60. The Morgan fingerprint density at radius 1 is 1.04 bits per heavy atom. The van der Waals surface area contributed by atoms with Crippen LogP contribution in [0.25, 0.3) is 0 Å². The Labute approximate surface area is 162 Å². The van der Waals surface area contributed by atoms with Crippen molar-refractivity contribution in [1.29, 1.82) is 0 Å². The summed E-state index contributed by atoms with van der Waals surface area (Å²) in [7, 11) is 0. The van der Waals surface area contributed by atoms with Gasteiger partial charge in [-0.2, -0.15) is 13.2 Å². The maximum Gasteiger partial charge on any atom is 0.416 e. The Hall–Kier alpha value is -2.70. The molecule has 0 aliphatic carbocycles. The van der Waals surface area contributed by atoms with Gasteiger partial charge in [-0.1, -0.05) is 6.07 Å². The largest absolute Gasteiger partial charge is 0.457 e. The van der Waals surface area contributed by atoms with Crippen LogP contribution in [-0.2, 0) is 19.1 Å². The van der Waals surface area contributed by atoms with Crippen molar-refractivity contribution in [3.8, 4) is 11.5 Å². The third kappa shape index (κ3) is 4.40. The van der Waals surface area contributed by atoms with Crippen molar-refractivity contribution >= 4 is 6.03 Å². The SMILES string of the molecule is CCN(CC)C(=O)N1CCc2ccc(Oc3ccc(C(F)(F)F)cc3)cc2C1. The molecule has 2 amide bonds. The molecule has 0 bridgehead atoms. The van der Waals surface area contributed by atoms with E-state index in [1.54, 1.807) is 11.0 Å². The molecule has 1 heterocycles. The predicted octanol–water partition coefficient (Wildman–Crippen LogP) is 5.32. The first-order valence-electron chi connectivity index (χ1n) is 9.32. The van der Waals surface area contributed by atoms with Crippen LogP contribution >= 0.6 is 0 Å². The second-order valence-electron chi connectivity index (χ2n) is 6.68. The van der Waals surface area contributed by atoms with Gasteiger partial charge in [-0.05, 0) is 67.8 Å². The summed E-state index contributed by atoms with van der Waals surface area (Å²) >= 11 is 0. The van der Waals surface area contributed by atoms with E-state index in [-0.39, 0.29) is 6.03 Å². The van der Waals surface area contributed by atoms with E-state index in [1.807, 2.05) is 30.9 Å². The van der Waals surface area contributed by atoms with Gasteiger partial charge in [0.25, 0.3) is 0 Å². The number of hydrogen-bond donors (Lipinski definition) is 0. The third-order valence-electron chi connectivity index (χ3n) is 4.91. The Morgan fingerprint density at radius 2 is 1.68 bits per heavy atom. The number of ether oxygens (including phenoxy) is 1. The Balaban J connectivity index is 1.73. The fourth-order valence-electron chi connectivity index (χ4n) is 3.30. The van der Waals surface area contributed by atoms with E-state index in [1.165, 1.54) is 12.1 Å². The maximum atomic E-state index is 12.7. The van der Waals surface area contributed by atoms with Gasteiger partial charge in [-0.25, -0.2) is 4.79 Å². The number of fused-ring (bicyclic) bond motifs is 1. The summed E-state index contributed by atoms with van der Waals surface area (Å²) < 4.78 is 43.7. The normalized spacial score (nSPS) is 13.8. The molecule has 0 radical (unpaired) electrons. The fourth-order valence-corrected chi connectivity index (χ4v) is 3.30. The highest BCUT2D eigenvalue weighted by Gasteiger charge is 2.30. The Bertz CT molecular complexity index is 831. The highest BCUT2D eigenvalue weighted by molar-refractivity contribution is 5.74. The summed E-state index contributed by atoms with van der Waals surface area (Å²) in [6, 6.07) is 10.2. The maximum absolute atomic E-state index is 12.7. The molecule has 3 rings (SSSR count). The number of amides is 2. The van der Waals surface area contributed by atoms with Crippen LogP contribution in [0.5, 0.6) is 11.5 Å². The molecule has 0 spiro atoms. The van der Waals surface area contributed by atoms with E-state index in [0.717, 1.165) is 29.7 Å². The van der Waals surface area contributed by atoms with Gasteiger partial charge in [-0.3, -0.25) is 0 Å². The minimum absolute atomic E-state index is 0.0183. The van der Waals surface area contributed by atoms with Crippen molar-refractivity contribution in [2.75, 3.05) is 19.6 Å².